The molecule has 1 saturated carbocycles. The highest BCUT2D eigenvalue weighted by atomic mass is 19.1. The van der Waals surface area contributed by atoms with Crippen molar-refractivity contribution in [2.24, 2.45) is 0 Å². The Balaban J connectivity index is 1.64. The van der Waals surface area contributed by atoms with E-state index in [0.717, 1.165) is 35.2 Å². The third kappa shape index (κ3) is 2.46. The number of hydrogen-bond donors (Lipinski definition) is 1. The summed E-state index contributed by atoms with van der Waals surface area (Å²) < 4.78 is 14.9. The van der Waals surface area contributed by atoms with E-state index < -0.39 is 5.95 Å². The number of hydrogen-bond acceptors (Lipinski definition) is 6. The van der Waals surface area contributed by atoms with Gasteiger partial charge in [-0.05, 0) is 37.0 Å². The maximum absolute atomic E-state index is 13.4. The summed E-state index contributed by atoms with van der Waals surface area (Å²) in [5.41, 5.74) is 10.6. The molecule has 0 atom stereocenters. The molecule has 7 nitrogen and oxygen atoms in total. The minimum atomic E-state index is -0.545. The SMILES string of the molecule is Nc1ncc(C2CC2)c(-c2cnn3nc(-c4ccnc(F)c4)ccc23)n1. The molecule has 0 unspecified atom stereocenters. The van der Waals surface area contributed by atoms with E-state index in [2.05, 4.69) is 25.1 Å². The smallest absolute Gasteiger partial charge is 0.220 e. The average molecular weight is 347 g/mol. The summed E-state index contributed by atoms with van der Waals surface area (Å²) in [5, 5.41) is 8.83. The van der Waals surface area contributed by atoms with E-state index in [-0.39, 0.29) is 5.95 Å². The molecule has 4 heterocycles. The second kappa shape index (κ2) is 5.55. The molecule has 2 N–H and O–H groups in total. The highest BCUT2D eigenvalue weighted by Crippen LogP contribution is 2.44. The molecule has 0 bridgehead atoms. The number of halogens is 1. The first-order valence-electron chi connectivity index (χ1n) is 8.29. The quantitative estimate of drug-likeness (QED) is 0.573. The standard InChI is InChI=1S/C18H14FN7/c19-16-7-11(5-6-21-16)14-3-4-15-13(9-23-26(15)25-14)17-12(10-1-2-10)8-22-18(20)24-17/h3-10H,1-2H2,(H2,20,22,24). The van der Waals surface area contributed by atoms with Gasteiger partial charge < -0.3 is 5.73 Å². The average Bonchev–Trinajstić information content (AvgIpc) is 3.40. The monoisotopic (exact) mass is 347 g/mol. The van der Waals surface area contributed by atoms with E-state index in [9.17, 15) is 4.39 Å². The van der Waals surface area contributed by atoms with Gasteiger partial charge in [0.05, 0.1) is 23.1 Å². The molecule has 0 amide bonds. The van der Waals surface area contributed by atoms with Gasteiger partial charge in [0.15, 0.2) is 0 Å². The van der Waals surface area contributed by atoms with E-state index in [0.29, 0.717) is 17.2 Å². The lowest BCUT2D eigenvalue weighted by atomic mass is 10.1. The van der Waals surface area contributed by atoms with E-state index in [1.54, 1.807) is 18.5 Å². The van der Waals surface area contributed by atoms with Gasteiger partial charge in [-0.1, -0.05) is 0 Å². The van der Waals surface area contributed by atoms with Gasteiger partial charge in [0, 0.05) is 35.2 Å². The number of nitrogen functional groups attached to an aromatic ring is 1. The van der Waals surface area contributed by atoms with Crippen LogP contribution in [0.4, 0.5) is 10.3 Å². The van der Waals surface area contributed by atoms with Crippen LogP contribution in [0.1, 0.15) is 24.3 Å². The van der Waals surface area contributed by atoms with Gasteiger partial charge in [-0.15, -0.1) is 5.10 Å². The van der Waals surface area contributed by atoms with E-state index in [4.69, 9.17) is 5.73 Å². The molecule has 0 aliphatic heterocycles. The van der Waals surface area contributed by atoms with Crippen LogP contribution in [0, 0.1) is 5.95 Å². The van der Waals surface area contributed by atoms with Crippen molar-refractivity contribution in [2.75, 3.05) is 5.73 Å². The number of nitrogens with zero attached hydrogens (tertiary/aromatic N) is 6. The van der Waals surface area contributed by atoms with E-state index >= 15 is 0 Å². The Kier molecular flexibility index (Phi) is 3.18. The van der Waals surface area contributed by atoms with Gasteiger partial charge in [-0.3, -0.25) is 0 Å². The Morgan fingerprint density at radius 2 is 2.00 bits per heavy atom. The van der Waals surface area contributed by atoms with Crippen LogP contribution in [0.15, 0.2) is 42.9 Å². The van der Waals surface area contributed by atoms with Crippen molar-refractivity contribution in [1.29, 1.82) is 0 Å². The maximum atomic E-state index is 13.4. The Morgan fingerprint density at radius 1 is 1.12 bits per heavy atom. The predicted octanol–water partition coefficient (Wildman–Crippen LogP) is 2.85. The Bertz CT molecular complexity index is 1130. The summed E-state index contributed by atoms with van der Waals surface area (Å²) in [6.45, 7) is 0. The first kappa shape index (κ1) is 14.9. The van der Waals surface area contributed by atoms with Crippen molar-refractivity contribution in [2.45, 2.75) is 18.8 Å². The lowest BCUT2D eigenvalue weighted by Crippen LogP contribution is -2.00. The van der Waals surface area contributed by atoms with Crippen LogP contribution in [-0.2, 0) is 0 Å². The third-order valence-electron chi connectivity index (χ3n) is 4.52. The lowest BCUT2D eigenvalue weighted by Gasteiger charge is -2.07. The Morgan fingerprint density at radius 3 is 2.81 bits per heavy atom. The second-order valence-corrected chi connectivity index (χ2v) is 6.33. The van der Waals surface area contributed by atoms with Gasteiger partial charge in [-0.2, -0.15) is 14.1 Å². The van der Waals surface area contributed by atoms with Crippen LogP contribution in [-0.4, -0.2) is 29.8 Å². The van der Waals surface area contributed by atoms with Gasteiger partial charge in [0.1, 0.15) is 0 Å². The summed E-state index contributed by atoms with van der Waals surface area (Å²) in [7, 11) is 0. The number of rotatable bonds is 3. The topological polar surface area (TPSA) is 94.9 Å². The minimum absolute atomic E-state index is 0.237. The van der Waals surface area contributed by atoms with Crippen molar-refractivity contribution < 1.29 is 4.39 Å². The van der Waals surface area contributed by atoms with Crippen LogP contribution in [0.25, 0.3) is 28.0 Å². The Hall–Kier alpha value is -3.42. The molecule has 4 aromatic heterocycles. The van der Waals surface area contributed by atoms with Gasteiger partial charge in [-0.25, -0.2) is 15.0 Å². The molecule has 5 rings (SSSR count). The fraction of sp³-hybridized carbons (Fsp3) is 0.167. The van der Waals surface area contributed by atoms with Crippen molar-refractivity contribution >= 4 is 11.5 Å². The van der Waals surface area contributed by atoms with Gasteiger partial charge in [0.2, 0.25) is 11.9 Å². The van der Waals surface area contributed by atoms with Crippen LogP contribution >= 0.6 is 0 Å². The maximum Gasteiger partial charge on any atom is 0.220 e. The van der Waals surface area contributed by atoms with E-state index in [1.165, 1.54) is 16.9 Å². The van der Waals surface area contributed by atoms with Crippen molar-refractivity contribution in [3.8, 4) is 22.5 Å². The minimum Gasteiger partial charge on any atom is -0.368 e. The number of pyridine rings is 1. The molecule has 0 radical (unpaired) electrons. The number of aromatic nitrogens is 6. The highest BCUT2D eigenvalue weighted by Gasteiger charge is 2.29. The molecule has 1 fully saturated rings. The van der Waals surface area contributed by atoms with Crippen LogP contribution in [0.3, 0.4) is 0 Å². The number of anilines is 1. The lowest BCUT2D eigenvalue weighted by molar-refractivity contribution is 0.584. The largest absolute Gasteiger partial charge is 0.368 e. The summed E-state index contributed by atoms with van der Waals surface area (Å²) in [5.74, 6) is 0.171. The fourth-order valence-electron chi connectivity index (χ4n) is 3.09. The first-order valence-corrected chi connectivity index (χ1v) is 8.29. The van der Waals surface area contributed by atoms with Gasteiger partial charge in [0.25, 0.3) is 0 Å². The summed E-state index contributed by atoms with van der Waals surface area (Å²) in [4.78, 5) is 12.2. The zero-order chi connectivity index (χ0) is 17.7. The Labute approximate surface area is 147 Å². The molecule has 4 aromatic rings. The highest BCUT2D eigenvalue weighted by molar-refractivity contribution is 5.80. The normalized spacial score (nSPS) is 14.0. The van der Waals surface area contributed by atoms with Crippen LogP contribution in [0.2, 0.25) is 0 Å². The molecule has 0 saturated heterocycles. The van der Waals surface area contributed by atoms with Gasteiger partial charge >= 0.3 is 0 Å². The first-order chi connectivity index (χ1) is 12.7. The van der Waals surface area contributed by atoms with Crippen molar-refractivity contribution in [1.82, 2.24) is 29.8 Å². The molecule has 8 heteroatoms. The fourth-order valence-corrected chi connectivity index (χ4v) is 3.09. The number of fused-ring (bicyclic) bond motifs is 1. The van der Waals surface area contributed by atoms with Crippen molar-refractivity contribution in [3.63, 3.8) is 0 Å². The van der Waals surface area contributed by atoms with E-state index in [1.807, 2.05) is 12.1 Å². The molecule has 0 aromatic carbocycles. The second-order valence-electron chi connectivity index (χ2n) is 6.33. The predicted molar refractivity (Wildman–Crippen MR) is 93.6 cm³/mol. The molecular weight excluding hydrogens is 333 g/mol. The van der Waals surface area contributed by atoms with Crippen LogP contribution < -0.4 is 5.73 Å². The molecule has 128 valence electrons. The molecule has 26 heavy (non-hydrogen) atoms. The summed E-state index contributed by atoms with van der Waals surface area (Å²) in [6.07, 6.45) is 7.22. The van der Waals surface area contributed by atoms with Crippen molar-refractivity contribution in [3.05, 3.63) is 54.4 Å². The zero-order valence-corrected chi connectivity index (χ0v) is 13.7. The number of nitrogens with two attached hydrogens (primary N) is 1. The molecule has 1 aliphatic rings. The zero-order valence-electron chi connectivity index (χ0n) is 13.7. The third-order valence-corrected chi connectivity index (χ3v) is 4.52. The molecule has 1 aliphatic carbocycles. The summed E-state index contributed by atoms with van der Waals surface area (Å²) in [6, 6.07) is 6.78. The van der Waals surface area contributed by atoms with Crippen LogP contribution in [0.5, 0.6) is 0 Å². The molecule has 0 spiro atoms. The molecular formula is C18H14FN7. The summed E-state index contributed by atoms with van der Waals surface area (Å²) >= 11 is 0.